The lowest BCUT2D eigenvalue weighted by Crippen LogP contribution is -2.34. The van der Waals surface area contributed by atoms with Gasteiger partial charge in [-0.15, -0.1) is 0 Å². The number of nitrogens with one attached hydrogen (secondary N) is 1. The van der Waals surface area contributed by atoms with Crippen molar-refractivity contribution in [2.24, 2.45) is 5.92 Å². The second-order valence-electron chi connectivity index (χ2n) is 6.41. The number of rotatable bonds is 3. The molecule has 1 atom stereocenters. The van der Waals surface area contributed by atoms with E-state index in [1.807, 2.05) is 6.07 Å². The van der Waals surface area contributed by atoms with Crippen molar-refractivity contribution < 1.29 is 4.79 Å². The monoisotopic (exact) mass is 280 g/mol. The smallest absolute Gasteiger partial charge is 0.251 e. The molecule has 0 saturated heterocycles. The van der Waals surface area contributed by atoms with Crippen LogP contribution in [-0.2, 0) is 5.41 Å². The molecule has 0 bridgehead atoms. The number of halogens is 1. The Balaban J connectivity index is 2.19. The van der Waals surface area contributed by atoms with Crippen LogP contribution in [0.4, 0.5) is 0 Å². The van der Waals surface area contributed by atoms with Gasteiger partial charge in [0.25, 0.3) is 5.91 Å². The van der Waals surface area contributed by atoms with Gasteiger partial charge in [0.1, 0.15) is 5.15 Å². The molecule has 0 spiro atoms. The van der Waals surface area contributed by atoms with Crippen molar-refractivity contribution in [1.82, 2.24) is 10.3 Å². The fraction of sp³-hybridized carbons (Fsp3) is 0.600. The van der Waals surface area contributed by atoms with Crippen molar-refractivity contribution in [3.05, 3.63) is 28.5 Å². The molecule has 0 aliphatic heterocycles. The van der Waals surface area contributed by atoms with Gasteiger partial charge in [0.05, 0.1) is 0 Å². The summed E-state index contributed by atoms with van der Waals surface area (Å²) in [7, 11) is 0. The minimum atomic E-state index is -0.123. The topological polar surface area (TPSA) is 42.0 Å². The van der Waals surface area contributed by atoms with Crippen LogP contribution in [0.25, 0.3) is 0 Å². The van der Waals surface area contributed by atoms with Crippen LogP contribution in [0.2, 0.25) is 5.15 Å². The Morgan fingerprint density at radius 3 is 2.58 bits per heavy atom. The molecule has 1 aliphatic carbocycles. The molecule has 1 amide bonds. The highest BCUT2D eigenvalue weighted by atomic mass is 35.5. The molecule has 104 valence electrons. The van der Waals surface area contributed by atoms with Gasteiger partial charge in [-0.3, -0.25) is 4.79 Å². The number of pyridine rings is 1. The molecule has 1 aromatic rings. The third kappa shape index (κ3) is 3.69. The van der Waals surface area contributed by atoms with E-state index in [0.717, 1.165) is 5.69 Å². The predicted molar refractivity (Wildman–Crippen MR) is 77.6 cm³/mol. The molecule has 1 saturated carbocycles. The zero-order valence-electron chi connectivity index (χ0n) is 12.0. The Hall–Kier alpha value is -1.09. The van der Waals surface area contributed by atoms with Crippen LogP contribution in [-0.4, -0.2) is 16.9 Å². The van der Waals surface area contributed by atoms with Gasteiger partial charge in [-0.2, -0.15) is 0 Å². The van der Waals surface area contributed by atoms with Crippen LogP contribution >= 0.6 is 11.6 Å². The van der Waals surface area contributed by atoms with Crippen LogP contribution in [0.1, 0.15) is 56.6 Å². The van der Waals surface area contributed by atoms with Gasteiger partial charge in [-0.25, -0.2) is 4.98 Å². The van der Waals surface area contributed by atoms with E-state index in [0.29, 0.717) is 16.6 Å². The van der Waals surface area contributed by atoms with Crippen molar-refractivity contribution in [3.8, 4) is 0 Å². The molecule has 1 aromatic heterocycles. The summed E-state index contributed by atoms with van der Waals surface area (Å²) in [5, 5.41) is 3.41. The van der Waals surface area contributed by atoms with E-state index in [9.17, 15) is 4.79 Å². The Labute approximate surface area is 119 Å². The summed E-state index contributed by atoms with van der Waals surface area (Å²) >= 11 is 6.02. The molecule has 3 nitrogen and oxygen atoms in total. The van der Waals surface area contributed by atoms with Crippen molar-refractivity contribution in [1.29, 1.82) is 0 Å². The number of carbonyl (C=O) groups is 1. The summed E-state index contributed by atoms with van der Waals surface area (Å²) in [5.74, 6) is 0.581. The highest BCUT2D eigenvalue weighted by molar-refractivity contribution is 6.29. The van der Waals surface area contributed by atoms with Gasteiger partial charge in [0.15, 0.2) is 0 Å². The van der Waals surface area contributed by atoms with Gasteiger partial charge < -0.3 is 5.32 Å². The number of carbonyl (C=O) groups excluding carboxylic acids is 1. The molecule has 1 N–H and O–H groups in total. The third-order valence-corrected chi connectivity index (χ3v) is 3.71. The lowest BCUT2D eigenvalue weighted by Gasteiger charge is -2.19. The van der Waals surface area contributed by atoms with Gasteiger partial charge in [-0.05, 0) is 37.8 Å². The summed E-state index contributed by atoms with van der Waals surface area (Å²) in [4.78, 5) is 16.5. The average Bonchev–Trinajstić information content (AvgIpc) is 3.10. The minimum Gasteiger partial charge on any atom is -0.349 e. The standard InChI is InChI=1S/C15H21ClN2O/c1-9(10-5-6-10)17-14(19)11-7-12(15(2,3)4)18-13(16)8-11/h7-10H,5-6H2,1-4H3,(H,17,19). The molecule has 19 heavy (non-hydrogen) atoms. The molecular weight excluding hydrogens is 260 g/mol. The van der Waals surface area contributed by atoms with Crippen molar-refractivity contribution in [2.75, 3.05) is 0 Å². The summed E-state index contributed by atoms with van der Waals surface area (Å²) < 4.78 is 0. The van der Waals surface area contributed by atoms with Gasteiger partial charge in [0, 0.05) is 22.7 Å². The van der Waals surface area contributed by atoms with E-state index in [1.54, 1.807) is 6.07 Å². The van der Waals surface area contributed by atoms with Crippen molar-refractivity contribution in [3.63, 3.8) is 0 Å². The summed E-state index contributed by atoms with van der Waals surface area (Å²) in [6.07, 6.45) is 2.43. The Morgan fingerprint density at radius 2 is 2.05 bits per heavy atom. The maximum atomic E-state index is 12.2. The molecule has 1 unspecified atom stereocenters. The van der Waals surface area contributed by atoms with Crippen molar-refractivity contribution >= 4 is 17.5 Å². The number of hydrogen-bond acceptors (Lipinski definition) is 2. The first-order valence-electron chi connectivity index (χ1n) is 6.76. The fourth-order valence-electron chi connectivity index (χ4n) is 2.02. The zero-order valence-corrected chi connectivity index (χ0v) is 12.7. The number of aromatic nitrogens is 1. The van der Waals surface area contributed by atoms with E-state index < -0.39 is 0 Å². The largest absolute Gasteiger partial charge is 0.349 e. The number of nitrogens with zero attached hydrogens (tertiary/aromatic N) is 1. The van der Waals surface area contributed by atoms with Crippen LogP contribution in [0, 0.1) is 5.92 Å². The first-order valence-corrected chi connectivity index (χ1v) is 7.14. The van der Waals surface area contributed by atoms with Crippen LogP contribution in [0.3, 0.4) is 0 Å². The summed E-state index contributed by atoms with van der Waals surface area (Å²) in [6, 6.07) is 3.70. The summed E-state index contributed by atoms with van der Waals surface area (Å²) in [5.41, 5.74) is 1.31. The highest BCUT2D eigenvalue weighted by Crippen LogP contribution is 2.32. The lowest BCUT2D eigenvalue weighted by molar-refractivity contribution is 0.0935. The third-order valence-electron chi connectivity index (χ3n) is 3.51. The molecule has 0 radical (unpaired) electrons. The van der Waals surface area contributed by atoms with Gasteiger partial charge >= 0.3 is 0 Å². The summed E-state index contributed by atoms with van der Waals surface area (Å²) in [6.45, 7) is 8.23. The van der Waals surface area contributed by atoms with E-state index >= 15 is 0 Å². The Bertz CT molecular complexity index is 489. The SMILES string of the molecule is CC(NC(=O)c1cc(Cl)nc(C(C)(C)C)c1)C1CC1. The number of hydrogen-bond donors (Lipinski definition) is 1. The zero-order chi connectivity index (χ0) is 14.2. The minimum absolute atomic E-state index is 0.0609. The van der Waals surface area contributed by atoms with Crippen LogP contribution in [0.5, 0.6) is 0 Å². The molecule has 4 heteroatoms. The normalized spacial score (nSPS) is 17.1. The van der Waals surface area contributed by atoms with Crippen molar-refractivity contribution in [2.45, 2.75) is 52.0 Å². The molecular formula is C15H21ClN2O. The molecule has 1 fully saturated rings. The fourth-order valence-corrected chi connectivity index (χ4v) is 2.22. The van der Waals surface area contributed by atoms with E-state index in [2.05, 4.69) is 38.0 Å². The van der Waals surface area contributed by atoms with Gasteiger partial charge in [-0.1, -0.05) is 32.4 Å². The predicted octanol–water partition coefficient (Wildman–Crippen LogP) is 3.56. The van der Waals surface area contributed by atoms with Gasteiger partial charge in [0.2, 0.25) is 0 Å². The second-order valence-corrected chi connectivity index (χ2v) is 6.80. The van der Waals surface area contributed by atoms with E-state index in [1.165, 1.54) is 12.8 Å². The lowest BCUT2D eigenvalue weighted by atomic mass is 9.91. The molecule has 1 aliphatic rings. The van der Waals surface area contributed by atoms with Crippen LogP contribution < -0.4 is 5.32 Å². The quantitative estimate of drug-likeness (QED) is 0.860. The highest BCUT2D eigenvalue weighted by Gasteiger charge is 2.29. The Kier molecular flexibility index (Phi) is 3.86. The first-order chi connectivity index (χ1) is 8.77. The number of amides is 1. The van der Waals surface area contributed by atoms with E-state index in [4.69, 9.17) is 11.6 Å². The first kappa shape index (κ1) is 14.3. The average molecular weight is 281 g/mol. The maximum Gasteiger partial charge on any atom is 0.251 e. The maximum absolute atomic E-state index is 12.2. The van der Waals surface area contributed by atoms with E-state index in [-0.39, 0.29) is 17.4 Å². The molecule has 0 aromatic carbocycles. The molecule has 1 heterocycles. The second kappa shape index (κ2) is 5.12. The van der Waals surface area contributed by atoms with Crippen LogP contribution in [0.15, 0.2) is 12.1 Å². The molecule has 2 rings (SSSR count). The Morgan fingerprint density at radius 1 is 1.42 bits per heavy atom.